The molecule has 0 fully saturated rings. The molecule has 0 amide bonds. The zero-order valence-corrected chi connectivity index (χ0v) is 4.67. The molecule has 56 valence electrons. The van der Waals surface area contributed by atoms with Crippen molar-refractivity contribution in [3.8, 4) is 0 Å². The Morgan fingerprint density at radius 1 is 1.22 bits per heavy atom. The molecule has 0 saturated heterocycles. The van der Waals surface area contributed by atoms with Gasteiger partial charge in [0.25, 0.3) is 0 Å². The van der Waals surface area contributed by atoms with Crippen LogP contribution in [0.15, 0.2) is 0 Å². The molecular formula is C4H6F4O. The van der Waals surface area contributed by atoms with Gasteiger partial charge in [0.05, 0.1) is 0 Å². The molecule has 0 bridgehead atoms. The Kier molecular flexibility index (Phi) is 2.06. The highest BCUT2D eigenvalue weighted by atomic mass is 19.4. The lowest BCUT2D eigenvalue weighted by Crippen LogP contribution is -2.39. The van der Waals surface area contributed by atoms with Crippen molar-refractivity contribution in [1.82, 2.24) is 0 Å². The Hall–Kier alpha value is -0.320. The summed E-state index contributed by atoms with van der Waals surface area (Å²) in [6.07, 6.45) is -6.14. The minimum Gasteiger partial charge on any atom is -0.355 e. The standard InChI is InChI=1S/C4H6F4O/c1-2-3(5,9)4(6,7)8/h9H,2H2,1H3. The molecule has 9 heavy (non-hydrogen) atoms. The van der Waals surface area contributed by atoms with Crippen LogP contribution in [0.3, 0.4) is 0 Å². The Bertz CT molecular complexity index is 95.2. The van der Waals surface area contributed by atoms with Gasteiger partial charge >= 0.3 is 12.0 Å². The first-order valence-corrected chi connectivity index (χ1v) is 2.29. The Labute approximate surface area is 49.3 Å². The van der Waals surface area contributed by atoms with Crippen LogP contribution in [0.5, 0.6) is 0 Å². The van der Waals surface area contributed by atoms with Gasteiger partial charge in [-0.25, -0.2) is 4.39 Å². The predicted octanol–water partition coefficient (Wildman–Crippen LogP) is 1.62. The summed E-state index contributed by atoms with van der Waals surface area (Å²) in [6.45, 7) is 0.910. The maximum Gasteiger partial charge on any atom is 0.448 e. The first-order valence-electron chi connectivity index (χ1n) is 2.29. The highest BCUT2D eigenvalue weighted by Gasteiger charge is 2.53. The molecule has 5 heteroatoms. The second kappa shape index (κ2) is 2.13. The van der Waals surface area contributed by atoms with Crippen molar-refractivity contribution in [2.75, 3.05) is 0 Å². The van der Waals surface area contributed by atoms with E-state index in [4.69, 9.17) is 5.11 Å². The first kappa shape index (κ1) is 8.68. The van der Waals surface area contributed by atoms with Gasteiger partial charge in [-0.15, -0.1) is 0 Å². The third-order valence-electron chi connectivity index (χ3n) is 0.903. The quantitative estimate of drug-likeness (QED) is 0.557. The van der Waals surface area contributed by atoms with E-state index >= 15 is 0 Å². The summed E-state index contributed by atoms with van der Waals surface area (Å²) in [6, 6.07) is 0. The molecule has 1 atom stereocenters. The molecular weight excluding hydrogens is 140 g/mol. The van der Waals surface area contributed by atoms with E-state index in [9.17, 15) is 17.6 Å². The molecule has 0 heterocycles. The number of hydrogen-bond donors (Lipinski definition) is 1. The van der Waals surface area contributed by atoms with Gasteiger partial charge in [-0.05, 0) is 0 Å². The van der Waals surface area contributed by atoms with E-state index in [1.807, 2.05) is 0 Å². The normalized spacial score (nSPS) is 19.3. The van der Waals surface area contributed by atoms with Crippen LogP contribution >= 0.6 is 0 Å². The Morgan fingerprint density at radius 3 is 1.56 bits per heavy atom. The van der Waals surface area contributed by atoms with E-state index < -0.39 is 18.5 Å². The highest BCUT2D eigenvalue weighted by Crippen LogP contribution is 2.33. The fraction of sp³-hybridized carbons (Fsp3) is 1.00. The molecule has 0 aliphatic heterocycles. The van der Waals surface area contributed by atoms with Crippen molar-refractivity contribution in [2.24, 2.45) is 0 Å². The molecule has 0 spiro atoms. The van der Waals surface area contributed by atoms with E-state index in [0.717, 1.165) is 6.92 Å². The number of aliphatic hydroxyl groups is 1. The Morgan fingerprint density at radius 2 is 1.56 bits per heavy atom. The summed E-state index contributed by atoms with van der Waals surface area (Å²) in [4.78, 5) is 0. The first-order chi connectivity index (χ1) is 3.81. The van der Waals surface area contributed by atoms with Crippen molar-refractivity contribution in [3.63, 3.8) is 0 Å². The number of rotatable bonds is 1. The van der Waals surface area contributed by atoms with Crippen LogP contribution in [-0.4, -0.2) is 17.1 Å². The largest absolute Gasteiger partial charge is 0.448 e. The molecule has 1 unspecified atom stereocenters. The topological polar surface area (TPSA) is 20.2 Å². The second-order valence-electron chi connectivity index (χ2n) is 1.61. The van der Waals surface area contributed by atoms with Gasteiger partial charge in [0, 0.05) is 6.42 Å². The molecule has 1 nitrogen and oxygen atoms in total. The predicted molar refractivity (Wildman–Crippen MR) is 22.4 cm³/mol. The van der Waals surface area contributed by atoms with Gasteiger partial charge in [-0.1, -0.05) is 6.92 Å². The zero-order chi connectivity index (χ0) is 7.71. The van der Waals surface area contributed by atoms with Crippen LogP contribution in [0, 0.1) is 0 Å². The lowest BCUT2D eigenvalue weighted by Gasteiger charge is -2.19. The second-order valence-corrected chi connectivity index (χ2v) is 1.61. The smallest absolute Gasteiger partial charge is 0.355 e. The van der Waals surface area contributed by atoms with Gasteiger partial charge in [0.15, 0.2) is 0 Å². The lowest BCUT2D eigenvalue weighted by atomic mass is 10.2. The molecule has 0 aliphatic rings. The average molecular weight is 146 g/mol. The summed E-state index contributed by atoms with van der Waals surface area (Å²) in [5.74, 6) is -4.02. The monoisotopic (exact) mass is 146 g/mol. The molecule has 0 rings (SSSR count). The van der Waals surface area contributed by atoms with Crippen LogP contribution in [0.25, 0.3) is 0 Å². The van der Waals surface area contributed by atoms with Gasteiger partial charge in [-0.3, -0.25) is 0 Å². The molecule has 0 radical (unpaired) electrons. The summed E-state index contributed by atoms with van der Waals surface area (Å²) in [7, 11) is 0. The van der Waals surface area contributed by atoms with Crippen molar-refractivity contribution < 1.29 is 22.7 Å². The minimum atomic E-state index is -5.16. The Balaban J connectivity index is 4.14. The molecule has 0 aromatic carbocycles. The van der Waals surface area contributed by atoms with Crippen molar-refractivity contribution >= 4 is 0 Å². The van der Waals surface area contributed by atoms with Gasteiger partial charge in [0.2, 0.25) is 0 Å². The summed E-state index contributed by atoms with van der Waals surface area (Å²) >= 11 is 0. The number of hydrogen-bond acceptors (Lipinski definition) is 1. The van der Waals surface area contributed by atoms with Gasteiger partial charge in [0.1, 0.15) is 0 Å². The van der Waals surface area contributed by atoms with Crippen LogP contribution in [0.4, 0.5) is 17.6 Å². The van der Waals surface area contributed by atoms with E-state index in [2.05, 4.69) is 0 Å². The average Bonchev–Trinajstić information content (AvgIpc) is 1.64. The van der Waals surface area contributed by atoms with E-state index in [-0.39, 0.29) is 0 Å². The van der Waals surface area contributed by atoms with E-state index in [1.54, 1.807) is 0 Å². The van der Waals surface area contributed by atoms with Gasteiger partial charge < -0.3 is 5.11 Å². The molecule has 0 aromatic heterocycles. The summed E-state index contributed by atoms with van der Waals surface area (Å²) < 4.78 is 45.4. The minimum absolute atomic E-state index is 0.910. The lowest BCUT2D eigenvalue weighted by molar-refractivity contribution is -0.315. The number of halogens is 4. The zero-order valence-electron chi connectivity index (χ0n) is 4.67. The van der Waals surface area contributed by atoms with Crippen LogP contribution < -0.4 is 0 Å². The molecule has 0 aromatic rings. The highest BCUT2D eigenvalue weighted by molar-refractivity contribution is 4.71. The van der Waals surface area contributed by atoms with E-state index in [0.29, 0.717) is 0 Å². The van der Waals surface area contributed by atoms with Crippen LogP contribution in [0.2, 0.25) is 0 Å². The summed E-state index contributed by atoms with van der Waals surface area (Å²) in [5, 5.41) is 7.87. The van der Waals surface area contributed by atoms with Gasteiger partial charge in [-0.2, -0.15) is 13.2 Å². The molecule has 0 aliphatic carbocycles. The van der Waals surface area contributed by atoms with Crippen molar-refractivity contribution in [3.05, 3.63) is 0 Å². The third kappa shape index (κ3) is 1.82. The third-order valence-corrected chi connectivity index (χ3v) is 0.903. The fourth-order valence-electron chi connectivity index (χ4n) is 0.200. The van der Waals surface area contributed by atoms with Crippen molar-refractivity contribution in [1.29, 1.82) is 0 Å². The van der Waals surface area contributed by atoms with E-state index in [1.165, 1.54) is 0 Å². The van der Waals surface area contributed by atoms with Crippen molar-refractivity contribution in [2.45, 2.75) is 25.4 Å². The molecule has 1 N–H and O–H groups in total. The van der Waals surface area contributed by atoms with Crippen LogP contribution in [-0.2, 0) is 0 Å². The fourth-order valence-corrected chi connectivity index (χ4v) is 0.200. The molecule has 0 saturated carbocycles. The SMILES string of the molecule is CCC(O)(F)C(F)(F)F. The maximum atomic E-state index is 11.8. The number of alkyl halides is 4. The van der Waals surface area contributed by atoms with Crippen LogP contribution in [0.1, 0.15) is 13.3 Å². The maximum absolute atomic E-state index is 11.8. The summed E-state index contributed by atoms with van der Waals surface area (Å²) in [5.41, 5.74) is 0.